The highest BCUT2D eigenvalue weighted by Crippen LogP contribution is 2.32. The third kappa shape index (κ3) is 4.55. The van der Waals surface area contributed by atoms with Gasteiger partial charge in [-0.05, 0) is 66.4 Å². The van der Waals surface area contributed by atoms with Gasteiger partial charge in [-0.2, -0.15) is 0 Å². The van der Waals surface area contributed by atoms with Crippen LogP contribution in [-0.4, -0.2) is 17.1 Å². The number of oxazole rings is 1. The van der Waals surface area contributed by atoms with Crippen molar-refractivity contribution in [1.29, 1.82) is 0 Å². The maximum absolute atomic E-state index is 12.4. The Balaban J connectivity index is 1.67. The molecule has 0 fully saturated rings. The minimum Gasteiger partial charge on any atom is -0.423 e. The van der Waals surface area contributed by atoms with Gasteiger partial charge in [-0.25, -0.2) is 4.98 Å². The highest BCUT2D eigenvalue weighted by Gasteiger charge is 2.13. The maximum Gasteiger partial charge on any atom is 0.299 e. The van der Waals surface area contributed by atoms with Gasteiger partial charge in [0, 0.05) is 35.1 Å². The minimum absolute atomic E-state index is 0.167. The summed E-state index contributed by atoms with van der Waals surface area (Å²) in [5.41, 5.74) is 5.72. The van der Waals surface area contributed by atoms with Gasteiger partial charge in [0.15, 0.2) is 5.76 Å². The highest BCUT2D eigenvalue weighted by molar-refractivity contribution is 6.31. The number of hydrogen-bond acceptors (Lipinski definition) is 5. The first-order valence-corrected chi connectivity index (χ1v) is 10.1. The summed E-state index contributed by atoms with van der Waals surface area (Å²) in [4.78, 5) is 19.4. The largest absolute Gasteiger partial charge is 0.423 e. The van der Waals surface area contributed by atoms with Crippen molar-refractivity contribution in [3.63, 3.8) is 0 Å². The number of anilines is 2. The van der Waals surface area contributed by atoms with E-state index >= 15 is 0 Å². The first kappa shape index (κ1) is 20.9. The fourth-order valence-corrected chi connectivity index (χ4v) is 3.69. The molecular weight excluding hydrogens is 414 g/mol. The van der Waals surface area contributed by atoms with Crippen LogP contribution in [0.15, 0.2) is 64.1 Å². The highest BCUT2D eigenvalue weighted by atomic mass is 35.5. The lowest BCUT2D eigenvalue weighted by Gasteiger charge is -2.09. The van der Waals surface area contributed by atoms with E-state index in [1.54, 1.807) is 31.6 Å². The molecule has 7 heteroatoms. The van der Waals surface area contributed by atoms with E-state index in [-0.39, 0.29) is 5.56 Å². The number of hydrogen-bond donors (Lipinski definition) is 2. The Morgan fingerprint density at radius 1 is 1.10 bits per heavy atom. The van der Waals surface area contributed by atoms with Crippen LogP contribution in [-0.2, 0) is 11.3 Å². The lowest BCUT2D eigenvalue weighted by atomic mass is 10.00. The number of aryl methyl sites for hydroxylation is 2. The van der Waals surface area contributed by atoms with Crippen molar-refractivity contribution in [2.75, 3.05) is 12.4 Å². The summed E-state index contributed by atoms with van der Waals surface area (Å²) >= 11 is 6.36. The van der Waals surface area contributed by atoms with Crippen LogP contribution in [0.3, 0.4) is 0 Å². The second-order valence-corrected chi connectivity index (χ2v) is 7.77. The van der Waals surface area contributed by atoms with E-state index < -0.39 is 0 Å². The summed E-state index contributed by atoms with van der Waals surface area (Å²) in [5.74, 6) is 0.543. The van der Waals surface area contributed by atoms with Crippen LogP contribution >= 0.6 is 11.6 Å². The average molecular weight is 436 g/mol. The number of H-pyrrole nitrogens is 1. The number of aromatic nitrogens is 2. The zero-order valence-electron chi connectivity index (χ0n) is 17.5. The predicted molar refractivity (Wildman–Crippen MR) is 123 cm³/mol. The molecular formula is C24H22ClN3O3. The van der Waals surface area contributed by atoms with E-state index in [1.165, 1.54) is 0 Å². The molecule has 2 heterocycles. The molecule has 2 aromatic heterocycles. The Morgan fingerprint density at radius 3 is 2.68 bits per heavy atom. The zero-order chi connectivity index (χ0) is 22.0. The van der Waals surface area contributed by atoms with Gasteiger partial charge in [-0.3, -0.25) is 4.79 Å². The summed E-state index contributed by atoms with van der Waals surface area (Å²) in [6.07, 6.45) is 3.26. The number of ether oxygens (including phenoxy) is 1. The van der Waals surface area contributed by atoms with Crippen LogP contribution in [0.25, 0.3) is 22.5 Å². The molecule has 0 amide bonds. The van der Waals surface area contributed by atoms with Crippen molar-refractivity contribution in [3.8, 4) is 22.5 Å². The third-order valence-electron chi connectivity index (χ3n) is 5.00. The van der Waals surface area contributed by atoms with Crippen molar-refractivity contribution in [3.05, 3.63) is 86.9 Å². The molecule has 0 unspecified atom stereocenters. The molecule has 0 spiro atoms. The summed E-state index contributed by atoms with van der Waals surface area (Å²) in [5, 5.41) is 3.72. The fraction of sp³-hybridized carbons (Fsp3) is 0.167. The van der Waals surface area contributed by atoms with Crippen LogP contribution in [0.2, 0.25) is 5.02 Å². The smallest absolute Gasteiger partial charge is 0.299 e. The van der Waals surface area contributed by atoms with Crippen molar-refractivity contribution in [1.82, 2.24) is 9.97 Å². The molecule has 2 aromatic carbocycles. The number of aromatic amines is 1. The van der Waals surface area contributed by atoms with Gasteiger partial charge in [0.25, 0.3) is 11.6 Å². The maximum atomic E-state index is 12.4. The molecule has 6 nitrogen and oxygen atoms in total. The molecule has 4 aromatic rings. The quantitative estimate of drug-likeness (QED) is 0.396. The molecule has 2 N–H and O–H groups in total. The topological polar surface area (TPSA) is 80.1 Å². The number of nitrogens with one attached hydrogen (secondary N) is 2. The van der Waals surface area contributed by atoms with E-state index in [2.05, 4.69) is 15.3 Å². The SMILES string of the molecule is COCc1ccc(C)c(Nc2ncc(-c3cc(Cl)cc(-c4c(C)cc[nH]c4=O)c3)o2)c1. The molecule has 31 heavy (non-hydrogen) atoms. The van der Waals surface area contributed by atoms with Crippen molar-refractivity contribution in [2.45, 2.75) is 20.5 Å². The monoisotopic (exact) mass is 435 g/mol. The van der Waals surface area contributed by atoms with Gasteiger partial charge in [-0.15, -0.1) is 0 Å². The Bertz CT molecular complexity index is 1290. The van der Waals surface area contributed by atoms with E-state index in [4.69, 9.17) is 20.8 Å². The lowest BCUT2D eigenvalue weighted by Crippen LogP contribution is -2.09. The van der Waals surface area contributed by atoms with Gasteiger partial charge >= 0.3 is 0 Å². The van der Waals surface area contributed by atoms with Crippen LogP contribution in [0, 0.1) is 13.8 Å². The fourth-order valence-electron chi connectivity index (χ4n) is 3.45. The van der Waals surface area contributed by atoms with Crippen LogP contribution in [0.4, 0.5) is 11.7 Å². The van der Waals surface area contributed by atoms with E-state index in [0.717, 1.165) is 33.5 Å². The molecule has 0 aliphatic carbocycles. The molecule has 0 atom stereocenters. The van der Waals surface area contributed by atoms with Gasteiger partial charge in [-0.1, -0.05) is 23.7 Å². The van der Waals surface area contributed by atoms with E-state index in [1.807, 2.05) is 44.2 Å². The van der Waals surface area contributed by atoms with Crippen molar-refractivity contribution < 1.29 is 9.15 Å². The first-order chi connectivity index (χ1) is 14.9. The number of pyridine rings is 1. The molecule has 4 rings (SSSR count). The number of benzene rings is 2. The summed E-state index contributed by atoms with van der Waals surface area (Å²) in [6.45, 7) is 4.42. The van der Waals surface area contributed by atoms with Gasteiger partial charge in [0.05, 0.1) is 12.8 Å². The summed E-state index contributed by atoms with van der Waals surface area (Å²) < 4.78 is 11.1. The first-order valence-electron chi connectivity index (χ1n) is 9.75. The Morgan fingerprint density at radius 2 is 1.90 bits per heavy atom. The van der Waals surface area contributed by atoms with Crippen LogP contribution in [0.1, 0.15) is 16.7 Å². The lowest BCUT2D eigenvalue weighted by molar-refractivity contribution is 0.185. The van der Waals surface area contributed by atoms with Crippen LogP contribution in [0.5, 0.6) is 0 Å². The summed E-state index contributed by atoms with van der Waals surface area (Å²) in [7, 11) is 1.66. The number of nitrogens with zero attached hydrogens (tertiary/aromatic N) is 1. The van der Waals surface area contributed by atoms with Crippen molar-refractivity contribution in [2.24, 2.45) is 0 Å². The molecule has 0 bridgehead atoms. The minimum atomic E-state index is -0.167. The Kier molecular flexibility index (Phi) is 5.93. The number of methoxy groups -OCH3 is 1. The Labute approximate surface area is 184 Å². The third-order valence-corrected chi connectivity index (χ3v) is 5.22. The van der Waals surface area contributed by atoms with E-state index in [9.17, 15) is 4.79 Å². The second kappa shape index (κ2) is 8.79. The summed E-state index contributed by atoms with van der Waals surface area (Å²) in [6, 6.07) is 13.7. The normalized spacial score (nSPS) is 11.0. The number of rotatable bonds is 6. The molecule has 0 saturated heterocycles. The Hall–Kier alpha value is -3.35. The van der Waals surface area contributed by atoms with E-state index in [0.29, 0.717) is 29.0 Å². The van der Waals surface area contributed by atoms with Crippen LogP contribution < -0.4 is 10.9 Å². The molecule has 0 aliphatic heterocycles. The van der Waals surface area contributed by atoms with Gasteiger partial charge in [0.1, 0.15) is 0 Å². The average Bonchev–Trinajstić information content (AvgIpc) is 3.19. The zero-order valence-corrected chi connectivity index (χ0v) is 18.2. The van der Waals surface area contributed by atoms with Gasteiger partial charge in [0.2, 0.25) is 0 Å². The molecule has 0 aliphatic rings. The predicted octanol–water partition coefficient (Wildman–Crippen LogP) is 5.86. The van der Waals surface area contributed by atoms with Gasteiger partial charge < -0.3 is 19.5 Å². The standard InChI is InChI=1S/C24H22ClN3O3/c1-14-4-5-16(13-30-3)8-20(14)28-24-27-12-21(31-24)17-9-18(11-19(25)10-17)22-15(2)6-7-26-23(22)29/h4-12H,13H2,1-3H3,(H,26,29)(H,27,28). The molecule has 0 saturated carbocycles. The molecule has 158 valence electrons. The molecule has 0 radical (unpaired) electrons. The second-order valence-electron chi connectivity index (χ2n) is 7.33. The van der Waals surface area contributed by atoms with Crippen molar-refractivity contribution >= 4 is 23.3 Å². The number of halogens is 1.